The van der Waals surface area contributed by atoms with E-state index in [2.05, 4.69) is 17.1 Å². The molecule has 1 aromatic carbocycles. The molecule has 0 aliphatic carbocycles. The number of hydrogen-bond donors (Lipinski definition) is 1. The van der Waals surface area contributed by atoms with E-state index in [1.807, 2.05) is 18.2 Å². The minimum Gasteiger partial charge on any atom is -0.478 e. The van der Waals surface area contributed by atoms with E-state index in [0.29, 0.717) is 19.0 Å². The van der Waals surface area contributed by atoms with Gasteiger partial charge in [-0.25, -0.2) is 4.79 Å². The van der Waals surface area contributed by atoms with Crippen LogP contribution in [-0.2, 0) is 6.42 Å². The Morgan fingerprint density at radius 1 is 1.08 bits per heavy atom. The molecule has 0 atom stereocenters. The minimum atomic E-state index is -1.12. The van der Waals surface area contributed by atoms with Crippen LogP contribution in [0.1, 0.15) is 39.3 Å². The van der Waals surface area contributed by atoms with Gasteiger partial charge < -0.3 is 10.0 Å². The molecule has 3 rings (SSSR count). The Bertz CT molecular complexity index is 722. The van der Waals surface area contributed by atoms with Gasteiger partial charge in [-0.05, 0) is 42.9 Å². The van der Waals surface area contributed by atoms with Gasteiger partial charge in [0.15, 0.2) is 0 Å². The Morgan fingerprint density at radius 2 is 1.79 bits per heavy atom. The number of carboxylic acid groups (broad SMARTS) is 1. The summed E-state index contributed by atoms with van der Waals surface area (Å²) in [7, 11) is 0. The van der Waals surface area contributed by atoms with Gasteiger partial charge in [0.1, 0.15) is 5.69 Å². The Balaban J connectivity index is 1.62. The van der Waals surface area contributed by atoms with Crippen molar-refractivity contribution in [2.75, 3.05) is 13.1 Å². The molecular weight excluding hydrogens is 304 g/mol. The number of benzene rings is 1. The molecule has 0 radical (unpaired) electrons. The third-order valence-corrected chi connectivity index (χ3v) is 4.51. The van der Waals surface area contributed by atoms with Crippen LogP contribution >= 0.6 is 0 Å². The standard InChI is InChI=1S/C19H20N2O3/c22-18(17-16(19(23)24)7-4-10-20-17)21-11-8-15(9-12-21)13-14-5-2-1-3-6-14/h1-7,10,15H,8-9,11-13H2,(H,23,24). The molecule has 24 heavy (non-hydrogen) atoms. The zero-order chi connectivity index (χ0) is 16.9. The number of pyridine rings is 1. The van der Waals surface area contributed by atoms with Gasteiger partial charge in [0.25, 0.3) is 5.91 Å². The maximum absolute atomic E-state index is 12.6. The van der Waals surface area contributed by atoms with Gasteiger partial charge in [-0.1, -0.05) is 30.3 Å². The second-order valence-electron chi connectivity index (χ2n) is 6.13. The molecule has 5 heteroatoms. The molecule has 1 aromatic heterocycles. The number of aromatic nitrogens is 1. The number of likely N-dealkylation sites (tertiary alicyclic amines) is 1. The van der Waals surface area contributed by atoms with E-state index >= 15 is 0 Å². The number of carboxylic acids is 1. The predicted octanol–water partition coefficient (Wildman–Crippen LogP) is 2.87. The van der Waals surface area contributed by atoms with Crippen molar-refractivity contribution in [3.63, 3.8) is 0 Å². The van der Waals surface area contributed by atoms with Gasteiger partial charge in [-0.2, -0.15) is 0 Å². The molecule has 1 fully saturated rings. The number of rotatable bonds is 4. The summed E-state index contributed by atoms with van der Waals surface area (Å²) in [6.45, 7) is 1.29. The van der Waals surface area contributed by atoms with E-state index in [1.54, 1.807) is 4.90 Å². The lowest BCUT2D eigenvalue weighted by atomic mass is 9.90. The second kappa shape index (κ2) is 7.25. The summed E-state index contributed by atoms with van der Waals surface area (Å²) in [5.41, 5.74) is 1.32. The number of carbonyl (C=O) groups is 2. The molecule has 5 nitrogen and oxygen atoms in total. The third kappa shape index (κ3) is 3.62. The van der Waals surface area contributed by atoms with Crippen molar-refractivity contribution < 1.29 is 14.7 Å². The number of nitrogens with zero attached hydrogens (tertiary/aromatic N) is 2. The van der Waals surface area contributed by atoms with Crippen LogP contribution in [0, 0.1) is 5.92 Å². The molecule has 1 saturated heterocycles. The maximum atomic E-state index is 12.6. The van der Waals surface area contributed by atoms with Crippen LogP contribution in [0.4, 0.5) is 0 Å². The summed E-state index contributed by atoms with van der Waals surface area (Å²) in [6.07, 6.45) is 4.33. The lowest BCUT2D eigenvalue weighted by molar-refractivity contribution is 0.0646. The van der Waals surface area contributed by atoms with E-state index in [0.717, 1.165) is 19.3 Å². The summed E-state index contributed by atoms with van der Waals surface area (Å²) < 4.78 is 0. The topological polar surface area (TPSA) is 70.5 Å². The van der Waals surface area contributed by atoms with Crippen molar-refractivity contribution in [2.45, 2.75) is 19.3 Å². The molecule has 1 aliphatic heterocycles. The largest absolute Gasteiger partial charge is 0.478 e. The van der Waals surface area contributed by atoms with E-state index in [-0.39, 0.29) is 17.2 Å². The Hall–Kier alpha value is -2.69. The number of piperidine rings is 1. The van der Waals surface area contributed by atoms with Gasteiger partial charge in [-0.15, -0.1) is 0 Å². The fourth-order valence-electron chi connectivity index (χ4n) is 3.19. The van der Waals surface area contributed by atoms with E-state index in [4.69, 9.17) is 0 Å². The Kier molecular flexibility index (Phi) is 4.89. The van der Waals surface area contributed by atoms with Crippen LogP contribution in [-0.4, -0.2) is 40.0 Å². The molecule has 0 unspecified atom stereocenters. The highest BCUT2D eigenvalue weighted by atomic mass is 16.4. The molecule has 0 spiro atoms. The van der Waals surface area contributed by atoms with Crippen LogP contribution in [0.5, 0.6) is 0 Å². The minimum absolute atomic E-state index is 0.0334. The first-order chi connectivity index (χ1) is 11.6. The quantitative estimate of drug-likeness (QED) is 0.939. The molecule has 124 valence electrons. The van der Waals surface area contributed by atoms with Crippen molar-refractivity contribution in [1.82, 2.24) is 9.88 Å². The maximum Gasteiger partial charge on any atom is 0.338 e. The van der Waals surface area contributed by atoms with Gasteiger partial charge in [0, 0.05) is 19.3 Å². The van der Waals surface area contributed by atoms with Gasteiger partial charge in [0.05, 0.1) is 5.56 Å². The summed E-state index contributed by atoms with van der Waals surface area (Å²) >= 11 is 0. The molecule has 2 heterocycles. The average molecular weight is 324 g/mol. The highest BCUT2D eigenvalue weighted by Gasteiger charge is 2.27. The summed E-state index contributed by atoms with van der Waals surface area (Å²) in [4.78, 5) is 29.6. The van der Waals surface area contributed by atoms with Crippen molar-refractivity contribution in [2.24, 2.45) is 5.92 Å². The average Bonchev–Trinajstić information content (AvgIpc) is 2.62. The Morgan fingerprint density at radius 3 is 2.46 bits per heavy atom. The molecule has 2 aromatic rings. The molecule has 1 aliphatic rings. The molecule has 0 bridgehead atoms. The fourth-order valence-corrected chi connectivity index (χ4v) is 3.19. The first-order valence-electron chi connectivity index (χ1n) is 8.16. The normalized spacial score (nSPS) is 15.2. The van der Waals surface area contributed by atoms with Crippen molar-refractivity contribution in [1.29, 1.82) is 0 Å². The predicted molar refractivity (Wildman–Crippen MR) is 90.0 cm³/mol. The first-order valence-corrected chi connectivity index (χ1v) is 8.16. The van der Waals surface area contributed by atoms with Crippen molar-refractivity contribution >= 4 is 11.9 Å². The fraction of sp³-hybridized carbons (Fsp3) is 0.316. The zero-order valence-electron chi connectivity index (χ0n) is 13.4. The van der Waals surface area contributed by atoms with Crippen LogP contribution < -0.4 is 0 Å². The van der Waals surface area contributed by atoms with Crippen molar-refractivity contribution in [3.05, 3.63) is 65.5 Å². The molecule has 0 saturated carbocycles. The number of aromatic carboxylic acids is 1. The summed E-state index contributed by atoms with van der Waals surface area (Å²) in [6, 6.07) is 13.3. The lowest BCUT2D eigenvalue weighted by Gasteiger charge is -2.32. The van der Waals surface area contributed by atoms with Crippen LogP contribution in [0.3, 0.4) is 0 Å². The van der Waals surface area contributed by atoms with E-state index < -0.39 is 5.97 Å². The first kappa shape index (κ1) is 16.2. The highest BCUT2D eigenvalue weighted by molar-refractivity contribution is 6.03. The Labute approximate surface area is 140 Å². The monoisotopic (exact) mass is 324 g/mol. The number of amides is 1. The third-order valence-electron chi connectivity index (χ3n) is 4.51. The van der Waals surface area contributed by atoms with Crippen LogP contribution in [0.15, 0.2) is 48.7 Å². The van der Waals surface area contributed by atoms with Gasteiger partial charge in [0.2, 0.25) is 0 Å². The van der Waals surface area contributed by atoms with Gasteiger partial charge >= 0.3 is 5.97 Å². The SMILES string of the molecule is O=C(O)c1cccnc1C(=O)N1CCC(Cc2ccccc2)CC1. The van der Waals surface area contributed by atoms with Crippen molar-refractivity contribution in [3.8, 4) is 0 Å². The molecule has 1 amide bonds. The van der Waals surface area contributed by atoms with Gasteiger partial charge in [-0.3, -0.25) is 9.78 Å². The zero-order valence-corrected chi connectivity index (χ0v) is 13.4. The van der Waals surface area contributed by atoms with E-state index in [1.165, 1.54) is 23.9 Å². The van der Waals surface area contributed by atoms with Crippen LogP contribution in [0.25, 0.3) is 0 Å². The smallest absolute Gasteiger partial charge is 0.338 e. The second-order valence-corrected chi connectivity index (χ2v) is 6.13. The van der Waals surface area contributed by atoms with E-state index in [9.17, 15) is 14.7 Å². The summed E-state index contributed by atoms with van der Waals surface area (Å²) in [5.74, 6) is -0.851. The lowest BCUT2D eigenvalue weighted by Crippen LogP contribution is -2.39. The van der Waals surface area contributed by atoms with Crippen LogP contribution in [0.2, 0.25) is 0 Å². The number of hydrogen-bond acceptors (Lipinski definition) is 3. The highest BCUT2D eigenvalue weighted by Crippen LogP contribution is 2.23. The number of carbonyl (C=O) groups excluding carboxylic acids is 1. The molecule has 1 N–H and O–H groups in total. The summed E-state index contributed by atoms with van der Waals surface area (Å²) in [5, 5.41) is 9.21. The molecular formula is C19H20N2O3.